The van der Waals surface area contributed by atoms with E-state index >= 15 is 0 Å². The average Bonchev–Trinajstić information content (AvgIpc) is 3.22. The quantitative estimate of drug-likeness (QED) is 0.782. The second-order valence-electron chi connectivity index (χ2n) is 5.05. The van der Waals surface area contributed by atoms with Gasteiger partial charge in [-0.15, -0.1) is 0 Å². The molecule has 1 amide bonds. The van der Waals surface area contributed by atoms with Gasteiger partial charge in [0.15, 0.2) is 0 Å². The summed E-state index contributed by atoms with van der Waals surface area (Å²) in [4.78, 5) is 14.3. The molecule has 0 aromatic heterocycles. The molecule has 0 spiro atoms. The highest BCUT2D eigenvalue weighted by Crippen LogP contribution is 2.30. The van der Waals surface area contributed by atoms with Gasteiger partial charge >= 0.3 is 0 Å². The molecule has 0 aliphatic heterocycles. The van der Waals surface area contributed by atoms with E-state index in [1.165, 1.54) is 5.56 Å². The van der Waals surface area contributed by atoms with Crippen LogP contribution in [0.4, 0.5) is 0 Å². The van der Waals surface area contributed by atoms with E-state index in [2.05, 4.69) is 32.2 Å². The van der Waals surface area contributed by atoms with Crippen LogP contribution in [-0.2, 0) is 11.3 Å². The first kappa shape index (κ1) is 14.5. The summed E-state index contributed by atoms with van der Waals surface area (Å²) in [6.07, 6.45) is 3.86. The van der Waals surface area contributed by atoms with Gasteiger partial charge in [0, 0.05) is 23.5 Å². The van der Waals surface area contributed by atoms with Gasteiger partial charge < -0.3 is 10.2 Å². The van der Waals surface area contributed by atoms with E-state index in [-0.39, 0.29) is 5.91 Å². The standard InChI is InChI=1S/C15H21BrN2O/c1-17-10-4-7-15(19)18(13-8-9-13)11-12-5-2-3-6-14(12)16/h2-3,5-6,13,17H,4,7-11H2,1H3. The van der Waals surface area contributed by atoms with Gasteiger partial charge in [0.2, 0.25) is 5.91 Å². The first-order valence-electron chi connectivity index (χ1n) is 6.90. The first-order valence-corrected chi connectivity index (χ1v) is 7.69. The maximum Gasteiger partial charge on any atom is 0.223 e. The van der Waals surface area contributed by atoms with Crippen molar-refractivity contribution >= 4 is 21.8 Å². The zero-order valence-electron chi connectivity index (χ0n) is 11.4. The molecular weight excluding hydrogens is 304 g/mol. The first-order chi connectivity index (χ1) is 9.22. The molecule has 1 aromatic rings. The Balaban J connectivity index is 1.96. The van der Waals surface area contributed by atoms with Crippen LogP contribution in [0.5, 0.6) is 0 Å². The van der Waals surface area contributed by atoms with Gasteiger partial charge in [-0.05, 0) is 44.5 Å². The van der Waals surface area contributed by atoms with Gasteiger partial charge in [0.05, 0.1) is 0 Å². The number of hydrogen-bond donors (Lipinski definition) is 1. The van der Waals surface area contributed by atoms with Crippen molar-refractivity contribution in [2.45, 2.75) is 38.3 Å². The van der Waals surface area contributed by atoms with Crippen LogP contribution in [0.1, 0.15) is 31.2 Å². The van der Waals surface area contributed by atoms with E-state index in [9.17, 15) is 4.79 Å². The van der Waals surface area contributed by atoms with Crippen molar-refractivity contribution < 1.29 is 4.79 Å². The summed E-state index contributed by atoms with van der Waals surface area (Å²) in [5, 5.41) is 3.09. The van der Waals surface area contributed by atoms with Gasteiger partial charge in [0.25, 0.3) is 0 Å². The van der Waals surface area contributed by atoms with E-state index in [1.54, 1.807) is 0 Å². The smallest absolute Gasteiger partial charge is 0.223 e. The molecule has 0 saturated heterocycles. The van der Waals surface area contributed by atoms with Gasteiger partial charge in [0.1, 0.15) is 0 Å². The lowest BCUT2D eigenvalue weighted by molar-refractivity contribution is -0.132. The number of carbonyl (C=O) groups is 1. The molecule has 1 aliphatic rings. The van der Waals surface area contributed by atoms with Crippen molar-refractivity contribution in [3.63, 3.8) is 0 Å². The number of hydrogen-bond acceptors (Lipinski definition) is 2. The van der Waals surface area contributed by atoms with Crippen LogP contribution >= 0.6 is 15.9 Å². The van der Waals surface area contributed by atoms with Crippen molar-refractivity contribution in [2.24, 2.45) is 0 Å². The molecule has 0 unspecified atom stereocenters. The number of benzene rings is 1. The van der Waals surface area contributed by atoms with Crippen LogP contribution in [0.25, 0.3) is 0 Å². The maximum absolute atomic E-state index is 12.3. The van der Waals surface area contributed by atoms with Crippen LogP contribution in [-0.4, -0.2) is 30.4 Å². The highest BCUT2D eigenvalue weighted by Gasteiger charge is 2.32. The van der Waals surface area contributed by atoms with Gasteiger partial charge in [-0.25, -0.2) is 0 Å². The van der Waals surface area contributed by atoms with Crippen LogP contribution in [0.2, 0.25) is 0 Å². The Kier molecular flexibility index (Phi) is 5.40. The molecule has 1 aromatic carbocycles. The van der Waals surface area contributed by atoms with Gasteiger partial charge in [-0.3, -0.25) is 4.79 Å². The lowest BCUT2D eigenvalue weighted by Crippen LogP contribution is -2.33. The van der Waals surface area contributed by atoms with Gasteiger partial charge in [-0.1, -0.05) is 34.1 Å². The number of amides is 1. The molecule has 0 atom stereocenters. The normalized spacial score (nSPS) is 14.4. The third-order valence-electron chi connectivity index (χ3n) is 3.42. The van der Waals surface area contributed by atoms with Crippen LogP contribution in [0.3, 0.4) is 0 Å². The third-order valence-corrected chi connectivity index (χ3v) is 4.20. The summed E-state index contributed by atoms with van der Waals surface area (Å²) in [6, 6.07) is 8.61. The molecule has 19 heavy (non-hydrogen) atoms. The van der Waals surface area contributed by atoms with Crippen molar-refractivity contribution in [1.82, 2.24) is 10.2 Å². The molecule has 2 rings (SSSR count). The molecule has 1 aliphatic carbocycles. The molecule has 1 fully saturated rings. The molecule has 1 saturated carbocycles. The topological polar surface area (TPSA) is 32.3 Å². The van der Waals surface area contributed by atoms with Crippen molar-refractivity contribution in [3.05, 3.63) is 34.3 Å². The lowest BCUT2D eigenvalue weighted by atomic mass is 10.2. The molecule has 0 radical (unpaired) electrons. The zero-order chi connectivity index (χ0) is 13.7. The van der Waals surface area contributed by atoms with Crippen molar-refractivity contribution in [3.8, 4) is 0 Å². The second-order valence-corrected chi connectivity index (χ2v) is 5.91. The fourth-order valence-corrected chi connectivity index (χ4v) is 2.59. The Hall–Kier alpha value is -0.870. The SMILES string of the molecule is CNCCCC(=O)N(Cc1ccccc1Br)C1CC1. The van der Waals surface area contributed by atoms with E-state index in [1.807, 2.05) is 25.2 Å². The van der Waals surface area contributed by atoms with Crippen LogP contribution < -0.4 is 5.32 Å². The Morgan fingerprint density at radius 3 is 2.79 bits per heavy atom. The molecule has 0 bridgehead atoms. The maximum atomic E-state index is 12.3. The minimum absolute atomic E-state index is 0.286. The molecule has 4 heteroatoms. The predicted molar refractivity (Wildman–Crippen MR) is 80.9 cm³/mol. The number of nitrogens with zero attached hydrogens (tertiary/aromatic N) is 1. The summed E-state index contributed by atoms with van der Waals surface area (Å²) >= 11 is 3.56. The average molecular weight is 325 g/mol. The Labute approximate surface area is 123 Å². The lowest BCUT2D eigenvalue weighted by Gasteiger charge is -2.23. The number of halogens is 1. The number of carbonyl (C=O) groups excluding carboxylic acids is 1. The molecule has 3 nitrogen and oxygen atoms in total. The molecule has 0 heterocycles. The van der Waals surface area contributed by atoms with E-state index in [4.69, 9.17) is 0 Å². The summed E-state index contributed by atoms with van der Waals surface area (Å²) in [5.74, 6) is 0.286. The minimum Gasteiger partial charge on any atom is -0.335 e. The number of rotatable bonds is 7. The highest BCUT2D eigenvalue weighted by molar-refractivity contribution is 9.10. The zero-order valence-corrected chi connectivity index (χ0v) is 12.9. The third kappa shape index (κ3) is 4.32. The predicted octanol–water partition coefficient (Wildman–Crippen LogP) is 2.94. The number of nitrogens with one attached hydrogen (secondary N) is 1. The van der Waals surface area contributed by atoms with E-state index < -0.39 is 0 Å². The largest absolute Gasteiger partial charge is 0.335 e. The Morgan fingerprint density at radius 1 is 1.42 bits per heavy atom. The van der Waals surface area contributed by atoms with Crippen LogP contribution in [0.15, 0.2) is 28.7 Å². The monoisotopic (exact) mass is 324 g/mol. The summed E-state index contributed by atoms with van der Waals surface area (Å²) < 4.78 is 1.09. The van der Waals surface area contributed by atoms with Crippen LogP contribution in [0, 0.1) is 0 Å². The van der Waals surface area contributed by atoms with Crippen molar-refractivity contribution in [2.75, 3.05) is 13.6 Å². The summed E-state index contributed by atoms with van der Waals surface area (Å²) in [6.45, 7) is 1.63. The highest BCUT2D eigenvalue weighted by atomic mass is 79.9. The summed E-state index contributed by atoms with van der Waals surface area (Å²) in [7, 11) is 1.92. The molecular formula is C15H21BrN2O. The molecule has 104 valence electrons. The minimum atomic E-state index is 0.286. The van der Waals surface area contributed by atoms with Crippen molar-refractivity contribution in [1.29, 1.82) is 0 Å². The van der Waals surface area contributed by atoms with E-state index in [0.717, 1.165) is 36.8 Å². The Morgan fingerprint density at radius 2 is 2.16 bits per heavy atom. The molecule has 1 N–H and O–H groups in total. The summed E-state index contributed by atoms with van der Waals surface area (Å²) in [5.41, 5.74) is 1.19. The fourth-order valence-electron chi connectivity index (χ4n) is 2.18. The second kappa shape index (κ2) is 7.06. The Bertz CT molecular complexity index is 432. The van der Waals surface area contributed by atoms with E-state index in [0.29, 0.717) is 12.5 Å². The van der Waals surface area contributed by atoms with Gasteiger partial charge in [-0.2, -0.15) is 0 Å². The fraction of sp³-hybridized carbons (Fsp3) is 0.533.